The predicted octanol–water partition coefficient (Wildman–Crippen LogP) is 3.67. The quantitative estimate of drug-likeness (QED) is 0.486. The van der Waals surface area contributed by atoms with E-state index in [1.54, 1.807) is 10.9 Å². The molecule has 0 saturated heterocycles. The van der Waals surface area contributed by atoms with Crippen molar-refractivity contribution in [2.75, 3.05) is 0 Å². The minimum Gasteiger partial charge on any atom is -0.461 e. The maximum atomic E-state index is 12.1. The molecule has 0 aliphatic rings. The van der Waals surface area contributed by atoms with Gasteiger partial charge in [0.2, 0.25) is 0 Å². The number of nitriles is 1. The number of esters is 1. The lowest BCUT2D eigenvalue weighted by Gasteiger charge is -2.03. The number of ether oxygens (including phenoxy) is 1. The third-order valence-electron chi connectivity index (χ3n) is 4.54. The number of carbonyl (C=O) groups is 1. The maximum absolute atomic E-state index is 12.1. The summed E-state index contributed by atoms with van der Waals surface area (Å²) in [5.74, 6) is -0.299. The molecular weight excluding hydrogens is 352 g/mol. The van der Waals surface area contributed by atoms with E-state index in [9.17, 15) is 10.1 Å². The Morgan fingerprint density at radius 1 is 1.11 bits per heavy atom. The first-order valence-corrected chi connectivity index (χ1v) is 8.98. The highest BCUT2D eigenvalue weighted by atomic mass is 16.5. The number of aromatic nitrogens is 3. The second-order valence-corrected chi connectivity index (χ2v) is 6.42. The van der Waals surface area contributed by atoms with Gasteiger partial charge in [0.25, 0.3) is 0 Å². The van der Waals surface area contributed by atoms with Crippen LogP contribution in [0, 0.1) is 11.3 Å². The van der Waals surface area contributed by atoms with Crippen molar-refractivity contribution in [2.24, 2.45) is 0 Å². The molecular formula is C22H18N4O2. The number of nitrogens with zero attached hydrogens (tertiary/aromatic N) is 4. The van der Waals surface area contributed by atoms with E-state index in [-0.39, 0.29) is 19.0 Å². The summed E-state index contributed by atoms with van der Waals surface area (Å²) >= 11 is 0. The van der Waals surface area contributed by atoms with Gasteiger partial charge in [-0.05, 0) is 36.2 Å². The fraction of sp³-hybridized carbons (Fsp3) is 0.136. The van der Waals surface area contributed by atoms with Crippen molar-refractivity contribution >= 4 is 11.5 Å². The molecule has 4 rings (SSSR count). The second kappa shape index (κ2) is 7.80. The number of rotatable bonds is 6. The van der Waals surface area contributed by atoms with E-state index in [4.69, 9.17) is 4.74 Å². The molecule has 138 valence electrons. The summed E-state index contributed by atoms with van der Waals surface area (Å²) in [6, 6.07) is 17.6. The first kappa shape index (κ1) is 17.6. The lowest BCUT2D eigenvalue weighted by Crippen LogP contribution is -2.06. The van der Waals surface area contributed by atoms with Crippen LogP contribution in [0.1, 0.15) is 23.1 Å². The van der Waals surface area contributed by atoms with Crippen LogP contribution in [0.25, 0.3) is 11.2 Å². The van der Waals surface area contributed by atoms with Crippen molar-refractivity contribution in [1.29, 1.82) is 5.26 Å². The van der Waals surface area contributed by atoms with Gasteiger partial charge < -0.3 is 9.14 Å². The zero-order chi connectivity index (χ0) is 19.3. The molecule has 4 aromatic rings. The number of pyridine rings is 1. The standard InChI is InChI=1S/C22H18N4O2/c23-12-20-18(15-25-11-5-4-8-21(20)25)16-28-22(27)10-9-17-13-24-26(14-17)19-6-2-1-3-7-19/h1-8,11,13-15H,9-10,16H2. The van der Waals surface area contributed by atoms with Gasteiger partial charge in [0, 0.05) is 30.6 Å². The summed E-state index contributed by atoms with van der Waals surface area (Å²) in [7, 11) is 0. The molecule has 3 heterocycles. The Balaban J connectivity index is 1.35. The van der Waals surface area contributed by atoms with E-state index in [1.165, 1.54) is 0 Å². The number of aryl methyl sites for hydroxylation is 1. The highest BCUT2D eigenvalue weighted by molar-refractivity contribution is 5.70. The Hall–Kier alpha value is -3.85. The van der Waals surface area contributed by atoms with Crippen molar-refractivity contribution < 1.29 is 9.53 Å². The number of hydrogen-bond donors (Lipinski definition) is 0. The molecule has 0 N–H and O–H groups in total. The first-order chi connectivity index (χ1) is 13.7. The summed E-state index contributed by atoms with van der Waals surface area (Å²) in [5.41, 5.74) is 4.00. The molecule has 0 amide bonds. The molecule has 0 unspecified atom stereocenters. The Morgan fingerprint density at radius 3 is 2.75 bits per heavy atom. The molecule has 0 saturated carbocycles. The van der Waals surface area contributed by atoms with E-state index < -0.39 is 0 Å². The van der Waals surface area contributed by atoms with Gasteiger partial charge in [-0.15, -0.1) is 0 Å². The van der Waals surface area contributed by atoms with Gasteiger partial charge in [-0.3, -0.25) is 4.79 Å². The van der Waals surface area contributed by atoms with Crippen molar-refractivity contribution in [2.45, 2.75) is 19.4 Å². The second-order valence-electron chi connectivity index (χ2n) is 6.42. The minimum absolute atomic E-state index is 0.0900. The average molecular weight is 370 g/mol. The normalized spacial score (nSPS) is 10.7. The maximum Gasteiger partial charge on any atom is 0.306 e. The van der Waals surface area contributed by atoms with E-state index in [0.29, 0.717) is 17.5 Å². The Bertz CT molecular complexity index is 1150. The van der Waals surface area contributed by atoms with Crippen LogP contribution >= 0.6 is 0 Å². The van der Waals surface area contributed by atoms with Crippen LogP contribution < -0.4 is 0 Å². The van der Waals surface area contributed by atoms with Crippen LogP contribution in [0.15, 0.2) is 73.3 Å². The smallest absolute Gasteiger partial charge is 0.306 e. The molecule has 1 aromatic carbocycles. The summed E-state index contributed by atoms with van der Waals surface area (Å²) < 4.78 is 9.03. The summed E-state index contributed by atoms with van der Waals surface area (Å²) in [6.07, 6.45) is 8.17. The first-order valence-electron chi connectivity index (χ1n) is 8.98. The average Bonchev–Trinajstić information content (AvgIpc) is 3.35. The van der Waals surface area contributed by atoms with E-state index in [2.05, 4.69) is 11.2 Å². The van der Waals surface area contributed by atoms with Crippen molar-refractivity contribution in [3.8, 4) is 11.8 Å². The highest BCUT2D eigenvalue weighted by Crippen LogP contribution is 2.19. The van der Waals surface area contributed by atoms with Gasteiger partial charge in [0.15, 0.2) is 0 Å². The summed E-state index contributed by atoms with van der Waals surface area (Å²) in [4.78, 5) is 12.1. The molecule has 0 spiro atoms. The number of carbonyl (C=O) groups excluding carboxylic acids is 1. The third-order valence-corrected chi connectivity index (χ3v) is 4.54. The van der Waals surface area contributed by atoms with Crippen molar-refractivity contribution in [3.63, 3.8) is 0 Å². The van der Waals surface area contributed by atoms with Gasteiger partial charge in [-0.1, -0.05) is 24.3 Å². The molecule has 6 heteroatoms. The Morgan fingerprint density at radius 2 is 1.93 bits per heavy atom. The molecule has 0 aliphatic carbocycles. The molecule has 0 fully saturated rings. The zero-order valence-corrected chi connectivity index (χ0v) is 15.2. The lowest BCUT2D eigenvalue weighted by atomic mass is 10.2. The molecule has 0 bridgehead atoms. The van der Waals surface area contributed by atoms with E-state index >= 15 is 0 Å². The monoisotopic (exact) mass is 370 g/mol. The number of para-hydroxylation sites is 1. The number of fused-ring (bicyclic) bond motifs is 1. The van der Waals surface area contributed by atoms with Gasteiger partial charge >= 0.3 is 5.97 Å². The lowest BCUT2D eigenvalue weighted by molar-refractivity contribution is -0.144. The SMILES string of the molecule is N#Cc1c(COC(=O)CCc2cnn(-c3ccccc3)c2)cn2ccccc12. The fourth-order valence-electron chi connectivity index (χ4n) is 3.10. The fourth-order valence-corrected chi connectivity index (χ4v) is 3.10. The van der Waals surface area contributed by atoms with Gasteiger partial charge in [-0.25, -0.2) is 4.68 Å². The number of benzene rings is 1. The van der Waals surface area contributed by atoms with E-state index in [0.717, 1.165) is 16.8 Å². The van der Waals surface area contributed by atoms with Crippen molar-refractivity contribution in [1.82, 2.24) is 14.2 Å². The van der Waals surface area contributed by atoms with Crippen LogP contribution in [0.5, 0.6) is 0 Å². The molecule has 3 aromatic heterocycles. The van der Waals surface area contributed by atoms with Crippen molar-refractivity contribution in [3.05, 3.63) is 90.0 Å². The Kier molecular flexibility index (Phi) is 4.89. The van der Waals surface area contributed by atoms with Crippen LogP contribution in [0.3, 0.4) is 0 Å². The molecule has 28 heavy (non-hydrogen) atoms. The molecule has 0 radical (unpaired) electrons. The molecule has 0 atom stereocenters. The minimum atomic E-state index is -0.299. The van der Waals surface area contributed by atoms with Crippen LogP contribution in [0.2, 0.25) is 0 Å². The summed E-state index contributed by atoms with van der Waals surface area (Å²) in [6.45, 7) is 0.0900. The largest absolute Gasteiger partial charge is 0.461 e. The molecule has 0 aliphatic heterocycles. The number of hydrogen-bond acceptors (Lipinski definition) is 4. The van der Waals surface area contributed by atoms with E-state index in [1.807, 2.05) is 71.5 Å². The molecule has 6 nitrogen and oxygen atoms in total. The van der Waals surface area contributed by atoms with Crippen LogP contribution in [-0.4, -0.2) is 20.2 Å². The predicted molar refractivity (Wildman–Crippen MR) is 104 cm³/mol. The zero-order valence-electron chi connectivity index (χ0n) is 15.2. The van der Waals surface area contributed by atoms with Gasteiger partial charge in [-0.2, -0.15) is 10.4 Å². The third kappa shape index (κ3) is 3.64. The van der Waals surface area contributed by atoms with Crippen LogP contribution in [-0.2, 0) is 22.6 Å². The van der Waals surface area contributed by atoms with Gasteiger partial charge in [0.05, 0.1) is 23.0 Å². The van der Waals surface area contributed by atoms with Gasteiger partial charge in [0.1, 0.15) is 12.7 Å². The summed E-state index contributed by atoms with van der Waals surface area (Å²) in [5, 5.41) is 13.7. The van der Waals surface area contributed by atoms with Crippen LogP contribution in [0.4, 0.5) is 0 Å². The topological polar surface area (TPSA) is 72.3 Å². The highest BCUT2D eigenvalue weighted by Gasteiger charge is 2.12. The Labute approximate surface area is 162 Å².